The van der Waals surface area contributed by atoms with Crippen LogP contribution in [0.4, 0.5) is 0 Å². The Balaban J connectivity index is 1.53. The molecule has 3 nitrogen and oxygen atoms in total. The fourth-order valence-corrected chi connectivity index (χ4v) is 3.11. The predicted molar refractivity (Wildman–Crippen MR) is 111 cm³/mol. The van der Waals surface area contributed by atoms with E-state index in [1.807, 2.05) is 84.9 Å². The first-order valence-corrected chi connectivity index (χ1v) is 9.10. The molecule has 0 saturated heterocycles. The lowest BCUT2D eigenvalue weighted by Gasteiger charge is -2.10. The lowest BCUT2D eigenvalue weighted by atomic mass is 9.96. The number of rotatable bonds is 6. The molecule has 0 aliphatic carbocycles. The molecule has 0 aliphatic rings. The fourth-order valence-electron chi connectivity index (χ4n) is 3.11. The number of carbonyl (C=O) groups excluding carboxylic acids is 1. The molecule has 0 amide bonds. The summed E-state index contributed by atoms with van der Waals surface area (Å²) in [6.45, 7) is 0.537. The summed E-state index contributed by atoms with van der Waals surface area (Å²) in [5, 5.41) is 0. The summed E-state index contributed by atoms with van der Waals surface area (Å²) in [6.07, 6.45) is 4.38. The lowest BCUT2D eigenvalue weighted by molar-refractivity contribution is 0.112. The van der Waals surface area contributed by atoms with Crippen LogP contribution in [0.2, 0.25) is 0 Å². The number of hydrogen-bond acceptors (Lipinski definition) is 3. The summed E-state index contributed by atoms with van der Waals surface area (Å²) in [4.78, 5) is 15.8. The van der Waals surface area contributed by atoms with Gasteiger partial charge in [-0.15, -0.1) is 0 Å². The van der Waals surface area contributed by atoms with Crippen LogP contribution in [0.1, 0.15) is 15.9 Å². The first-order valence-electron chi connectivity index (χ1n) is 9.10. The summed E-state index contributed by atoms with van der Waals surface area (Å²) in [7, 11) is 0. The normalized spacial score (nSPS) is 10.4. The van der Waals surface area contributed by atoms with Crippen LogP contribution in [0, 0.1) is 0 Å². The van der Waals surface area contributed by atoms with Crippen LogP contribution in [0.3, 0.4) is 0 Å². The Morgan fingerprint density at radius 2 is 1.57 bits per heavy atom. The first kappa shape index (κ1) is 17.7. The quantitative estimate of drug-likeness (QED) is 0.405. The molecule has 0 unspecified atom stereocenters. The van der Waals surface area contributed by atoms with Crippen LogP contribution in [0.5, 0.6) is 5.75 Å². The third kappa shape index (κ3) is 3.99. The summed E-state index contributed by atoms with van der Waals surface area (Å²) in [5.74, 6) is 0.815. The van der Waals surface area contributed by atoms with Crippen LogP contribution in [0.25, 0.3) is 22.3 Å². The fraction of sp³-hybridized carbons (Fsp3) is 0.0400. The summed E-state index contributed by atoms with van der Waals surface area (Å²) >= 11 is 0. The molecule has 0 saturated carbocycles. The van der Waals surface area contributed by atoms with Gasteiger partial charge in [0.1, 0.15) is 12.4 Å². The van der Waals surface area contributed by atoms with E-state index >= 15 is 0 Å². The van der Waals surface area contributed by atoms with E-state index in [1.165, 1.54) is 0 Å². The molecule has 1 aromatic heterocycles. The van der Waals surface area contributed by atoms with Crippen LogP contribution in [-0.2, 0) is 6.61 Å². The van der Waals surface area contributed by atoms with Gasteiger partial charge in [-0.1, -0.05) is 60.7 Å². The Labute approximate surface area is 164 Å². The molecule has 28 heavy (non-hydrogen) atoms. The van der Waals surface area contributed by atoms with E-state index in [1.54, 1.807) is 12.4 Å². The van der Waals surface area contributed by atoms with Gasteiger partial charge in [-0.3, -0.25) is 9.78 Å². The number of nitrogens with zero attached hydrogens (tertiary/aromatic N) is 1. The monoisotopic (exact) mass is 365 g/mol. The van der Waals surface area contributed by atoms with E-state index in [-0.39, 0.29) is 0 Å². The molecule has 0 fully saturated rings. The van der Waals surface area contributed by atoms with Gasteiger partial charge in [0.25, 0.3) is 0 Å². The second-order valence-electron chi connectivity index (χ2n) is 6.46. The summed E-state index contributed by atoms with van der Waals surface area (Å²) in [5.41, 5.74) is 5.62. The van der Waals surface area contributed by atoms with Crippen LogP contribution < -0.4 is 4.74 Å². The standard InChI is InChI=1S/C25H19NO2/c27-17-23-15-21(10-13-25(23)22-7-4-14-26-16-22)20-8-11-24(12-9-20)28-18-19-5-2-1-3-6-19/h1-17H,18H2. The van der Waals surface area contributed by atoms with Crippen LogP contribution in [0.15, 0.2) is 97.3 Å². The Morgan fingerprint density at radius 3 is 2.29 bits per heavy atom. The molecule has 1 heterocycles. The van der Waals surface area contributed by atoms with E-state index in [0.717, 1.165) is 39.9 Å². The van der Waals surface area contributed by atoms with Crippen molar-refractivity contribution < 1.29 is 9.53 Å². The predicted octanol–water partition coefficient (Wildman–Crippen LogP) is 5.81. The largest absolute Gasteiger partial charge is 0.489 e. The average Bonchev–Trinajstić information content (AvgIpc) is 2.79. The number of aldehydes is 1. The molecule has 0 aliphatic heterocycles. The number of pyridine rings is 1. The van der Waals surface area contributed by atoms with E-state index in [2.05, 4.69) is 4.98 Å². The van der Waals surface area contributed by atoms with Crippen molar-refractivity contribution in [3.63, 3.8) is 0 Å². The third-order valence-corrected chi connectivity index (χ3v) is 4.59. The minimum absolute atomic E-state index is 0.537. The Hall–Kier alpha value is -3.72. The summed E-state index contributed by atoms with van der Waals surface area (Å²) in [6, 6.07) is 27.7. The summed E-state index contributed by atoms with van der Waals surface area (Å²) < 4.78 is 5.84. The van der Waals surface area contributed by atoms with Crippen molar-refractivity contribution in [3.8, 4) is 28.0 Å². The molecule has 4 aromatic rings. The highest BCUT2D eigenvalue weighted by atomic mass is 16.5. The second-order valence-corrected chi connectivity index (χ2v) is 6.46. The van der Waals surface area contributed by atoms with Gasteiger partial charge >= 0.3 is 0 Å². The molecule has 0 bridgehead atoms. The van der Waals surface area contributed by atoms with Gasteiger partial charge in [-0.25, -0.2) is 0 Å². The zero-order chi connectivity index (χ0) is 19.2. The number of hydrogen-bond donors (Lipinski definition) is 0. The Morgan fingerprint density at radius 1 is 0.786 bits per heavy atom. The van der Waals surface area contributed by atoms with E-state index in [9.17, 15) is 4.79 Å². The van der Waals surface area contributed by atoms with Gasteiger partial charge in [0.2, 0.25) is 0 Å². The van der Waals surface area contributed by atoms with Crippen molar-refractivity contribution in [2.24, 2.45) is 0 Å². The first-order chi connectivity index (χ1) is 13.8. The highest BCUT2D eigenvalue weighted by Gasteiger charge is 2.07. The van der Waals surface area contributed by atoms with E-state index in [4.69, 9.17) is 4.74 Å². The van der Waals surface area contributed by atoms with Crippen molar-refractivity contribution >= 4 is 6.29 Å². The zero-order valence-electron chi connectivity index (χ0n) is 15.3. The van der Waals surface area contributed by atoms with Crippen molar-refractivity contribution in [2.75, 3.05) is 0 Å². The smallest absolute Gasteiger partial charge is 0.150 e. The molecular formula is C25H19NO2. The van der Waals surface area contributed by atoms with Crippen molar-refractivity contribution in [1.29, 1.82) is 0 Å². The molecule has 0 atom stereocenters. The molecule has 0 N–H and O–H groups in total. The number of aromatic nitrogens is 1. The van der Waals surface area contributed by atoms with E-state index < -0.39 is 0 Å². The minimum atomic E-state index is 0.537. The van der Waals surface area contributed by atoms with Gasteiger partial charge in [0.05, 0.1) is 0 Å². The number of ether oxygens (including phenoxy) is 1. The average molecular weight is 365 g/mol. The lowest BCUT2D eigenvalue weighted by Crippen LogP contribution is -1.94. The van der Waals surface area contributed by atoms with E-state index in [0.29, 0.717) is 12.2 Å². The topological polar surface area (TPSA) is 39.2 Å². The molecule has 3 heteroatoms. The van der Waals surface area contributed by atoms with Gasteiger partial charge in [0.15, 0.2) is 6.29 Å². The second kappa shape index (κ2) is 8.31. The van der Waals surface area contributed by atoms with Crippen molar-refractivity contribution in [2.45, 2.75) is 6.61 Å². The number of carbonyl (C=O) groups is 1. The zero-order valence-corrected chi connectivity index (χ0v) is 15.3. The van der Waals surface area contributed by atoms with Gasteiger partial charge in [0, 0.05) is 23.5 Å². The van der Waals surface area contributed by atoms with Gasteiger partial charge in [-0.05, 0) is 46.5 Å². The highest BCUT2D eigenvalue weighted by Crippen LogP contribution is 2.29. The third-order valence-electron chi connectivity index (χ3n) is 4.59. The molecule has 0 radical (unpaired) electrons. The minimum Gasteiger partial charge on any atom is -0.489 e. The van der Waals surface area contributed by atoms with Gasteiger partial charge in [-0.2, -0.15) is 0 Å². The van der Waals surface area contributed by atoms with Gasteiger partial charge < -0.3 is 4.74 Å². The maximum Gasteiger partial charge on any atom is 0.150 e. The van der Waals surface area contributed by atoms with Crippen molar-refractivity contribution in [3.05, 3.63) is 108 Å². The maximum absolute atomic E-state index is 11.6. The molecule has 136 valence electrons. The van der Waals surface area contributed by atoms with Crippen LogP contribution >= 0.6 is 0 Å². The Kier molecular flexibility index (Phi) is 5.25. The molecule has 3 aromatic carbocycles. The van der Waals surface area contributed by atoms with Crippen LogP contribution in [-0.4, -0.2) is 11.3 Å². The molecule has 0 spiro atoms. The van der Waals surface area contributed by atoms with Crippen molar-refractivity contribution in [1.82, 2.24) is 4.98 Å². The number of benzene rings is 3. The Bertz CT molecular complexity index is 1060. The highest BCUT2D eigenvalue weighted by molar-refractivity contribution is 5.90. The molecular weight excluding hydrogens is 346 g/mol. The maximum atomic E-state index is 11.6. The molecule has 4 rings (SSSR count). The SMILES string of the molecule is O=Cc1cc(-c2ccc(OCc3ccccc3)cc2)ccc1-c1cccnc1.